The molecular weight excluding hydrogens is 326 g/mol. The minimum absolute atomic E-state index is 0.00109. The molecule has 4 N–H and O–H groups in total. The molecule has 0 aliphatic heterocycles. The number of carbonyl (C=O) groups excluding carboxylic acids is 1. The fraction of sp³-hybridized carbons (Fsp3) is 0.385. The van der Waals surface area contributed by atoms with Crippen molar-refractivity contribution in [2.24, 2.45) is 11.1 Å². The predicted molar refractivity (Wildman–Crippen MR) is 86.4 cm³/mol. The van der Waals surface area contributed by atoms with Crippen LogP contribution in [-0.4, -0.2) is 24.5 Å². The number of anilines is 1. The smallest absolute Gasteiger partial charge is 0.227 e. The Labute approximate surface area is 127 Å². The minimum Gasteiger partial charge on any atom is -0.389 e. The Morgan fingerprint density at radius 3 is 2.58 bits per heavy atom. The van der Waals surface area contributed by atoms with Gasteiger partial charge >= 0.3 is 0 Å². The number of amides is 1. The number of nitrogens with one attached hydrogen (secondary N) is 2. The summed E-state index contributed by atoms with van der Waals surface area (Å²) < 4.78 is 0.836. The molecule has 4 nitrogen and oxygen atoms in total. The van der Waals surface area contributed by atoms with Crippen LogP contribution in [0.1, 0.15) is 19.4 Å². The fourth-order valence-corrected chi connectivity index (χ4v) is 2.47. The van der Waals surface area contributed by atoms with Crippen LogP contribution in [0.2, 0.25) is 0 Å². The Kier molecular flexibility index (Phi) is 5.31. The second-order valence-electron chi connectivity index (χ2n) is 4.88. The third-order valence-electron chi connectivity index (χ3n) is 2.81. The van der Waals surface area contributed by atoms with Gasteiger partial charge in [0.1, 0.15) is 4.99 Å². The van der Waals surface area contributed by atoms with Crippen LogP contribution in [0.3, 0.4) is 0 Å². The molecule has 0 saturated heterocycles. The van der Waals surface area contributed by atoms with E-state index < -0.39 is 5.41 Å². The Morgan fingerprint density at radius 1 is 1.47 bits per heavy atom. The number of rotatable bonds is 5. The SMILES string of the molecule is CNC(=O)C(C)(C)CNc1ccc(C(N)=S)c(Br)c1. The van der Waals surface area contributed by atoms with E-state index in [-0.39, 0.29) is 5.91 Å². The lowest BCUT2D eigenvalue weighted by atomic mass is 9.92. The van der Waals surface area contributed by atoms with Crippen molar-refractivity contribution in [3.63, 3.8) is 0 Å². The van der Waals surface area contributed by atoms with Gasteiger partial charge in [0.15, 0.2) is 0 Å². The molecule has 0 bridgehead atoms. The van der Waals surface area contributed by atoms with E-state index in [0.717, 1.165) is 15.7 Å². The number of hydrogen-bond donors (Lipinski definition) is 3. The molecule has 1 aromatic rings. The number of benzene rings is 1. The van der Waals surface area contributed by atoms with E-state index in [1.54, 1.807) is 7.05 Å². The first-order valence-corrected chi connectivity index (χ1v) is 7.03. The molecule has 1 rings (SSSR count). The summed E-state index contributed by atoms with van der Waals surface area (Å²) in [4.78, 5) is 12.0. The average molecular weight is 344 g/mol. The van der Waals surface area contributed by atoms with Crippen molar-refractivity contribution in [3.8, 4) is 0 Å². The highest BCUT2D eigenvalue weighted by molar-refractivity contribution is 9.10. The van der Waals surface area contributed by atoms with Crippen LogP contribution in [0.25, 0.3) is 0 Å². The fourth-order valence-electron chi connectivity index (χ4n) is 1.57. The Morgan fingerprint density at radius 2 is 2.11 bits per heavy atom. The quantitative estimate of drug-likeness (QED) is 0.717. The lowest BCUT2D eigenvalue weighted by Crippen LogP contribution is -2.39. The van der Waals surface area contributed by atoms with Crippen molar-refractivity contribution in [1.82, 2.24) is 5.32 Å². The summed E-state index contributed by atoms with van der Waals surface area (Å²) in [6.45, 7) is 4.31. The van der Waals surface area contributed by atoms with Crippen molar-refractivity contribution >= 4 is 44.7 Å². The van der Waals surface area contributed by atoms with Crippen LogP contribution in [-0.2, 0) is 4.79 Å². The molecular formula is C13H18BrN3OS. The van der Waals surface area contributed by atoms with Crippen LogP contribution in [0.5, 0.6) is 0 Å². The van der Waals surface area contributed by atoms with E-state index in [2.05, 4.69) is 26.6 Å². The van der Waals surface area contributed by atoms with Crippen LogP contribution < -0.4 is 16.4 Å². The highest BCUT2D eigenvalue weighted by Gasteiger charge is 2.26. The maximum absolute atomic E-state index is 11.7. The third-order valence-corrected chi connectivity index (χ3v) is 3.69. The van der Waals surface area contributed by atoms with Crippen LogP contribution in [0.15, 0.2) is 22.7 Å². The summed E-state index contributed by atoms with van der Waals surface area (Å²) in [6, 6.07) is 5.63. The van der Waals surface area contributed by atoms with Gasteiger partial charge in [0.2, 0.25) is 5.91 Å². The minimum atomic E-state index is -0.483. The molecule has 0 unspecified atom stereocenters. The average Bonchev–Trinajstić information content (AvgIpc) is 2.35. The topological polar surface area (TPSA) is 67.2 Å². The zero-order chi connectivity index (χ0) is 14.6. The van der Waals surface area contributed by atoms with E-state index in [9.17, 15) is 4.79 Å². The molecule has 0 aromatic heterocycles. The van der Waals surface area contributed by atoms with E-state index in [4.69, 9.17) is 18.0 Å². The lowest BCUT2D eigenvalue weighted by Gasteiger charge is -2.23. The van der Waals surface area contributed by atoms with Gasteiger partial charge in [-0.3, -0.25) is 4.79 Å². The molecule has 104 valence electrons. The number of nitrogens with two attached hydrogens (primary N) is 1. The first kappa shape index (κ1) is 15.9. The molecule has 0 radical (unpaired) electrons. The second kappa shape index (κ2) is 6.34. The normalized spacial score (nSPS) is 10.9. The maximum atomic E-state index is 11.7. The van der Waals surface area contributed by atoms with Crippen LogP contribution in [0.4, 0.5) is 5.69 Å². The molecule has 1 aromatic carbocycles. The zero-order valence-corrected chi connectivity index (χ0v) is 13.6. The number of halogens is 1. The largest absolute Gasteiger partial charge is 0.389 e. The van der Waals surface area contributed by atoms with Crippen molar-refractivity contribution in [3.05, 3.63) is 28.2 Å². The van der Waals surface area contributed by atoms with Gasteiger partial charge in [-0.15, -0.1) is 0 Å². The van der Waals surface area contributed by atoms with Gasteiger partial charge in [0.25, 0.3) is 0 Å². The number of hydrogen-bond acceptors (Lipinski definition) is 3. The molecule has 6 heteroatoms. The standard InChI is InChI=1S/C13H18BrN3OS/c1-13(2,12(18)16-3)7-17-8-4-5-9(11(15)19)10(14)6-8/h4-6,17H,7H2,1-3H3,(H2,15,19)(H,16,18). The molecule has 0 aliphatic carbocycles. The van der Waals surface area contributed by atoms with Gasteiger partial charge in [-0.1, -0.05) is 12.2 Å². The highest BCUT2D eigenvalue weighted by atomic mass is 79.9. The molecule has 1 amide bonds. The van der Waals surface area contributed by atoms with Gasteiger partial charge < -0.3 is 16.4 Å². The number of carbonyl (C=O) groups is 1. The summed E-state index contributed by atoms with van der Waals surface area (Å²) in [5.41, 5.74) is 6.81. The van der Waals surface area contributed by atoms with Crippen LogP contribution in [0, 0.1) is 5.41 Å². The Balaban J connectivity index is 2.77. The number of thiocarbonyl (C=S) groups is 1. The molecule has 0 aliphatic rings. The maximum Gasteiger partial charge on any atom is 0.227 e. The van der Waals surface area contributed by atoms with E-state index in [1.807, 2.05) is 32.0 Å². The van der Waals surface area contributed by atoms with Crippen molar-refractivity contribution < 1.29 is 4.79 Å². The van der Waals surface area contributed by atoms with Gasteiger partial charge in [0, 0.05) is 29.3 Å². The summed E-state index contributed by atoms with van der Waals surface area (Å²) in [7, 11) is 1.64. The molecule has 0 atom stereocenters. The lowest BCUT2D eigenvalue weighted by molar-refractivity contribution is -0.128. The molecule has 0 fully saturated rings. The van der Waals surface area contributed by atoms with Gasteiger partial charge in [-0.05, 0) is 48.0 Å². The van der Waals surface area contributed by atoms with Gasteiger partial charge in [-0.2, -0.15) is 0 Å². The van der Waals surface area contributed by atoms with E-state index in [0.29, 0.717) is 11.5 Å². The van der Waals surface area contributed by atoms with Crippen molar-refractivity contribution in [2.75, 3.05) is 18.9 Å². The van der Waals surface area contributed by atoms with Crippen LogP contribution >= 0.6 is 28.1 Å². The predicted octanol–water partition coefficient (Wildman–Crippen LogP) is 2.27. The summed E-state index contributed by atoms with van der Waals surface area (Å²) in [6.07, 6.45) is 0. The highest BCUT2D eigenvalue weighted by Crippen LogP contribution is 2.23. The first-order chi connectivity index (χ1) is 8.77. The van der Waals surface area contributed by atoms with Gasteiger partial charge in [0.05, 0.1) is 5.41 Å². The monoisotopic (exact) mass is 343 g/mol. The van der Waals surface area contributed by atoms with E-state index in [1.165, 1.54) is 0 Å². The molecule has 0 heterocycles. The summed E-state index contributed by atoms with van der Waals surface area (Å²) >= 11 is 8.37. The second-order valence-corrected chi connectivity index (χ2v) is 6.17. The summed E-state index contributed by atoms with van der Waals surface area (Å²) in [5.74, 6) is -0.00109. The van der Waals surface area contributed by atoms with Gasteiger partial charge in [-0.25, -0.2) is 0 Å². The first-order valence-electron chi connectivity index (χ1n) is 5.83. The summed E-state index contributed by atoms with van der Waals surface area (Å²) in [5, 5.41) is 5.89. The Hall–Kier alpha value is -1.14. The molecule has 19 heavy (non-hydrogen) atoms. The van der Waals surface area contributed by atoms with E-state index >= 15 is 0 Å². The Bertz CT molecular complexity index is 503. The van der Waals surface area contributed by atoms with Crippen molar-refractivity contribution in [2.45, 2.75) is 13.8 Å². The molecule has 0 spiro atoms. The molecule has 0 saturated carbocycles. The zero-order valence-electron chi connectivity index (χ0n) is 11.2. The third kappa shape index (κ3) is 4.18. The van der Waals surface area contributed by atoms with Crippen molar-refractivity contribution in [1.29, 1.82) is 0 Å².